The Bertz CT molecular complexity index is 1010. The summed E-state index contributed by atoms with van der Waals surface area (Å²) in [6, 6.07) is 20.1. The number of carbonyl (C=O) groups is 1. The van der Waals surface area contributed by atoms with E-state index in [4.69, 9.17) is 4.74 Å². The Balaban J connectivity index is 2.01. The van der Waals surface area contributed by atoms with Crippen LogP contribution in [0.5, 0.6) is 11.5 Å². The number of Topliss-reactive ketones (excluding diaryl/α,β-unsaturated/α-hetero) is 1. The number of thioether (sulfide) groups is 1. The molecule has 0 bridgehead atoms. The van der Waals surface area contributed by atoms with Crippen molar-refractivity contribution in [2.75, 3.05) is 7.11 Å². The van der Waals surface area contributed by atoms with E-state index in [0.29, 0.717) is 16.2 Å². The number of hydrogen-bond acceptors (Lipinski definition) is 4. The number of ether oxygens (including phenoxy) is 1. The van der Waals surface area contributed by atoms with Crippen molar-refractivity contribution in [3.8, 4) is 11.5 Å². The number of carbonyl (C=O) groups excluding carboxylic acids is 1. The predicted molar refractivity (Wildman–Crippen MR) is 121 cm³/mol. The fraction of sp³-hybridized carbons (Fsp3) is 0.0455. The van der Waals surface area contributed by atoms with Crippen LogP contribution in [0, 0.1) is 0 Å². The molecule has 28 heavy (non-hydrogen) atoms. The van der Waals surface area contributed by atoms with Gasteiger partial charge in [-0.05, 0) is 72.3 Å². The van der Waals surface area contributed by atoms with E-state index < -0.39 is 0 Å². The topological polar surface area (TPSA) is 46.5 Å². The molecule has 0 atom stereocenters. The van der Waals surface area contributed by atoms with Crippen molar-refractivity contribution in [1.82, 2.24) is 0 Å². The molecule has 0 spiro atoms. The average molecular weight is 520 g/mol. The first-order chi connectivity index (χ1) is 13.5. The van der Waals surface area contributed by atoms with Crippen LogP contribution < -0.4 is 4.74 Å². The van der Waals surface area contributed by atoms with Crippen molar-refractivity contribution in [2.24, 2.45) is 0 Å². The van der Waals surface area contributed by atoms with Crippen LogP contribution in [0.1, 0.15) is 15.9 Å². The number of aromatic hydroxyl groups is 1. The quantitative estimate of drug-likeness (QED) is 0.217. The van der Waals surface area contributed by atoms with Crippen LogP contribution in [0.2, 0.25) is 0 Å². The average Bonchev–Trinajstić information content (AvgIpc) is 2.70. The van der Waals surface area contributed by atoms with Crippen LogP contribution >= 0.6 is 43.6 Å². The van der Waals surface area contributed by atoms with Crippen molar-refractivity contribution in [1.29, 1.82) is 0 Å². The van der Waals surface area contributed by atoms with Gasteiger partial charge in [-0.1, -0.05) is 49.7 Å². The van der Waals surface area contributed by atoms with E-state index in [2.05, 4.69) is 31.9 Å². The number of phenols is 1. The van der Waals surface area contributed by atoms with Gasteiger partial charge in [-0.25, -0.2) is 0 Å². The van der Waals surface area contributed by atoms with E-state index in [-0.39, 0.29) is 11.5 Å². The van der Waals surface area contributed by atoms with Gasteiger partial charge in [-0.15, -0.1) is 0 Å². The lowest BCUT2D eigenvalue weighted by Crippen LogP contribution is -2.01. The summed E-state index contributed by atoms with van der Waals surface area (Å²) in [4.78, 5) is 14.7. The Morgan fingerprint density at radius 3 is 2.18 bits per heavy atom. The van der Waals surface area contributed by atoms with Gasteiger partial charge >= 0.3 is 0 Å². The van der Waals surface area contributed by atoms with E-state index in [0.717, 1.165) is 19.4 Å². The lowest BCUT2D eigenvalue weighted by atomic mass is 10.1. The molecular weight excluding hydrogens is 504 g/mol. The molecule has 0 radical (unpaired) electrons. The second kappa shape index (κ2) is 9.45. The molecule has 0 heterocycles. The van der Waals surface area contributed by atoms with Crippen LogP contribution in [-0.2, 0) is 0 Å². The smallest absolute Gasteiger partial charge is 0.199 e. The summed E-state index contributed by atoms with van der Waals surface area (Å²) >= 11 is 8.22. The van der Waals surface area contributed by atoms with Crippen molar-refractivity contribution >= 4 is 55.5 Å². The lowest BCUT2D eigenvalue weighted by Gasteiger charge is -2.09. The highest BCUT2D eigenvalue weighted by Crippen LogP contribution is 2.34. The highest BCUT2D eigenvalue weighted by molar-refractivity contribution is 9.10. The zero-order valence-electron chi connectivity index (χ0n) is 14.9. The Labute approximate surface area is 184 Å². The Morgan fingerprint density at radius 1 is 0.964 bits per heavy atom. The summed E-state index contributed by atoms with van der Waals surface area (Å²) in [5.74, 6) is 0.339. The standard InChI is InChI=1S/C22H16Br2O3S/c1-27-20-12-14(2-11-19(20)25)13-21(28-18-9-7-17(24)8-10-18)22(26)15-3-5-16(23)6-4-15/h2-13,25H,1H3. The monoisotopic (exact) mass is 518 g/mol. The third kappa shape index (κ3) is 5.28. The van der Waals surface area contributed by atoms with Crippen LogP contribution in [0.4, 0.5) is 0 Å². The van der Waals surface area contributed by atoms with Gasteiger partial charge in [-0.2, -0.15) is 0 Å². The number of allylic oxidation sites excluding steroid dienone is 1. The molecule has 0 saturated carbocycles. The maximum absolute atomic E-state index is 13.2. The highest BCUT2D eigenvalue weighted by Gasteiger charge is 2.15. The molecule has 3 rings (SSSR count). The zero-order valence-corrected chi connectivity index (χ0v) is 18.8. The molecule has 1 N–H and O–H groups in total. The molecule has 0 aliphatic carbocycles. The molecule has 0 fully saturated rings. The molecule has 0 aliphatic rings. The number of ketones is 1. The van der Waals surface area contributed by atoms with E-state index in [1.807, 2.05) is 36.4 Å². The summed E-state index contributed by atoms with van der Waals surface area (Å²) in [5, 5.41) is 9.82. The molecule has 3 aromatic rings. The summed E-state index contributed by atoms with van der Waals surface area (Å²) in [6.07, 6.45) is 1.80. The fourth-order valence-electron chi connectivity index (χ4n) is 2.45. The minimum atomic E-state index is -0.0764. The largest absolute Gasteiger partial charge is 0.504 e. The fourth-order valence-corrected chi connectivity index (χ4v) is 3.91. The van der Waals surface area contributed by atoms with Gasteiger partial charge in [0.2, 0.25) is 0 Å². The normalized spacial score (nSPS) is 11.3. The van der Waals surface area contributed by atoms with Gasteiger partial charge < -0.3 is 9.84 Å². The summed E-state index contributed by atoms with van der Waals surface area (Å²) in [7, 11) is 1.49. The molecule has 6 heteroatoms. The van der Waals surface area contributed by atoms with Crippen molar-refractivity contribution in [3.63, 3.8) is 0 Å². The third-order valence-corrected chi connectivity index (χ3v) is 5.96. The molecule has 0 saturated heterocycles. The van der Waals surface area contributed by atoms with E-state index >= 15 is 0 Å². The Morgan fingerprint density at radius 2 is 1.57 bits per heavy atom. The van der Waals surface area contributed by atoms with E-state index in [9.17, 15) is 9.90 Å². The first-order valence-corrected chi connectivity index (χ1v) is 10.7. The van der Waals surface area contributed by atoms with Crippen LogP contribution in [0.15, 0.2) is 85.5 Å². The maximum Gasteiger partial charge on any atom is 0.199 e. The number of benzene rings is 3. The number of methoxy groups -OCH3 is 1. The zero-order chi connectivity index (χ0) is 20.1. The summed E-state index contributed by atoms with van der Waals surface area (Å²) < 4.78 is 7.07. The Hall–Kier alpha value is -2.02. The Kier molecular flexibility index (Phi) is 6.99. The predicted octanol–water partition coefficient (Wildman–Crippen LogP) is 6.94. The number of hydrogen-bond donors (Lipinski definition) is 1. The summed E-state index contributed by atoms with van der Waals surface area (Å²) in [6.45, 7) is 0. The van der Waals surface area contributed by atoms with Crippen molar-refractivity contribution in [3.05, 3.63) is 91.7 Å². The lowest BCUT2D eigenvalue weighted by molar-refractivity contribution is 0.104. The van der Waals surface area contributed by atoms with Crippen molar-refractivity contribution < 1.29 is 14.6 Å². The molecule has 0 amide bonds. The van der Waals surface area contributed by atoms with Gasteiger partial charge in [0.25, 0.3) is 0 Å². The number of rotatable bonds is 6. The third-order valence-electron chi connectivity index (χ3n) is 3.87. The van der Waals surface area contributed by atoms with Crippen LogP contribution in [-0.4, -0.2) is 18.0 Å². The molecule has 3 nitrogen and oxygen atoms in total. The molecule has 0 unspecified atom stereocenters. The highest BCUT2D eigenvalue weighted by atomic mass is 79.9. The van der Waals surface area contributed by atoms with Crippen molar-refractivity contribution in [2.45, 2.75) is 4.90 Å². The molecule has 142 valence electrons. The van der Waals surface area contributed by atoms with E-state index in [1.165, 1.54) is 18.9 Å². The first kappa shape index (κ1) is 20.7. The van der Waals surface area contributed by atoms with Gasteiger partial charge in [-0.3, -0.25) is 4.79 Å². The minimum absolute atomic E-state index is 0.0565. The minimum Gasteiger partial charge on any atom is -0.504 e. The number of phenolic OH excluding ortho intramolecular Hbond substituents is 1. The maximum atomic E-state index is 13.2. The molecule has 0 aliphatic heterocycles. The number of halogens is 2. The van der Waals surface area contributed by atoms with Crippen LogP contribution in [0.25, 0.3) is 6.08 Å². The van der Waals surface area contributed by atoms with E-state index in [1.54, 1.807) is 36.4 Å². The SMILES string of the molecule is COc1cc(C=C(Sc2ccc(Br)cc2)C(=O)c2ccc(Br)cc2)ccc1O. The molecule has 3 aromatic carbocycles. The van der Waals surface area contributed by atoms with Gasteiger partial charge in [0.05, 0.1) is 12.0 Å². The molecule has 0 aromatic heterocycles. The molecular formula is C22H16Br2O3S. The first-order valence-electron chi connectivity index (χ1n) is 8.28. The second-order valence-electron chi connectivity index (χ2n) is 5.83. The summed E-state index contributed by atoms with van der Waals surface area (Å²) in [5.41, 5.74) is 1.37. The van der Waals surface area contributed by atoms with Crippen LogP contribution in [0.3, 0.4) is 0 Å². The van der Waals surface area contributed by atoms with Gasteiger partial charge in [0.15, 0.2) is 17.3 Å². The van der Waals surface area contributed by atoms with Gasteiger partial charge in [0, 0.05) is 19.4 Å². The van der Waals surface area contributed by atoms with Gasteiger partial charge in [0.1, 0.15) is 0 Å². The second-order valence-corrected chi connectivity index (χ2v) is 8.78.